The van der Waals surface area contributed by atoms with E-state index >= 15 is 0 Å². The quantitative estimate of drug-likeness (QED) is 0.859. The van der Waals surface area contributed by atoms with E-state index in [1.165, 1.54) is 6.42 Å². The first-order valence-electron chi connectivity index (χ1n) is 10.4. The Kier molecular flexibility index (Phi) is 4.83. The van der Waals surface area contributed by atoms with Crippen molar-refractivity contribution in [2.45, 2.75) is 38.3 Å². The third-order valence-corrected chi connectivity index (χ3v) is 6.16. The summed E-state index contributed by atoms with van der Waals surface area (Å²) < 4.78 is 11.3. The summed E-state index contributed by atoms with van der Waals surface area (Å²) in [5.74, 6) is 2.37. The number of carbonyl (C=O) groups excluding carboxylic acids is 1. The minimum Gasteiger partial charge on any atom is -0.493 e. The molecule has 0 saturated carbocycles. The van der Waals surface area contributed by atoms with Crippen molar-refractivity contribution in [3.63, 3.8) is 0 Å². The predicted molar refractivity (Wildman–Crippen MR) is 107 cm³/mol. The molecule has 1 aromatic carbocycles. The highest BCUT2D eigenvalue weighted by Crippen LogP contribution is 2.36. The molecule has 4 heterocycles. The van der Waals surface area contributed by atoms with E-state index in [0.29, 0.717) is 26.1 Å². The topological polar surface area (TPSA) is 76.6 Å². The first-order valence-corrected chi connectivity index (χ1v) is 10.4. The van der Waals surface area contributed by atoms with Gasteiger partial charge in [-0.25, -0.2) is 9.97 Å². The van der Waals surface area contributed by atoms with Crippen LogP contribution in [0.15, 0.2) is 24.4 Å². The molecule has 0 bridgehead atoms. The number of rotatable bonds is 3. The molecule has 3 aliphatic rings. The van der Waals surface area contributed by atoms with Gasteiger partial charge in [-0.3, -0.25) is 4.79 Å². The number of amides is 1. The molecule has 1 saturated heterocycles. The van der Waals surface area contributed by atoms with Gasteiger partial charge in [-0.1, -0.05) is 12.1 Å². The minimum absolute atomic E-state index is 0.144. The average molecular weight is 394 g/mol. The number of hydrogen-bond acceptors (Lipinski definition) is 6. The Balaban J connectivity index is 1.28. The van der Waals surface area contributed by atoms with Crippen LogP contribution in [0.5, 0.6) is 11.5 Å². The van der Waals surface area contributed by atoms with E-state index in [-0.39, 0.29) is 17.9 Å². The van der Waals surface area contributed by atoms with Gasteiger partial charge in [0.05, 0.1) is 24.8 Å². The lowest BCUT2D eigenvalue weighted by molar-refractivity contribution is -0.137. The molecule has 0 spiro atoms. The van der Waals surface area contributed by atoms with Crippen molar-refractivity contribution >= 4 is 5.91 Å². The van der Waals surface area contributed by atoms with Gasteiger partial charge in [-0.15, -0.1) is 0 Å². The third kappa shape index (κ3) is 3.44. The fourth-order valence-corrected chi connectivity index (χ4v) is 4.56. The Morgan fingerprint density at radius 3 is 3.10 bits per heavy atom. The summed E-state index contributed by atoms with van der Waals surface area (Å²) >= 11 is 0. The molecular formula is C22H26N4O3. The van der Waals surface area contributed by atoms with E-state index in [1.807, 2.05) is 29.3 Å². The van der Waals surface area contributed by atoms with Crippen LogP contribution in [0.3, 0.4) is 0 Å². The van der Waals surface area contributed by atoms with Gasteiger partial charge in [0.15, 0.2) is 11.5 Å². The van der Waals surface area contributed by atoms with Crippen LogP contribution >= 0.6 is 0 Å². The number of nitrogens with one attached hydrogen (secondary N) is 1. The monoisotopic (exact) mass is 394 g/mol. The largest absolute Gasteiger partial charge is 0.493 e. The predicted octanol–water partition coefficient (Wildman–Crippen LogP) is 2.05. The summed E-state index contributed by atoms with van der Waals surface area (Å²) in [4.78, 5) is 24.5. The van der Waals surface area contributed by atoms with Crippen molar-refractivity contribution in [1.29, 1.82) is 0 Å². The number of carbonyl (C=O) groups is 1. The van der Waals surface area contributed by atoms with E-state index in [1.54, 1.807) is 7.11 Å². The second kappa shape index (κ2) is 7.63. The number of benzene rings is 1. The number of hydrogen-bond donors (Lipinski definition) is 1. The van der Waals surface area contributed by atoms with Gasteiger partial charge < -0.3 is 19.7 Å². The van der Waals surface area contributed by atoms with E-state index in [9.17, 15) is 4.79 Å². The van der Waals surface area contributed by atoms with Crippen LogP contribution in [0.4, 0.5) is 0 Å². The van der Waals surface area contributed by atoms with Crippen LogP contribution in [0.2, 0.25) is 0 Å². The molecule has 29 heavy (non-hydrogen) atoms. The van der Waals surface area contributed by atoms with Crippen molar-refractivity contribution in [1.82, 2.24) is 20.2 Å². The van der Waals surface area contributed by atoms with Crippen LogP contribution in [-0.4, -0.2) is 47.6 Å². The molecule has 1 aromatic heterocycles. The highest BCUT2D eigenvalue weighted by atomic mass is 16.5. The Morgan fingerprint density at radius 2 is 2.28 bits per heavy atom. The minimum atomic E-state index is -0.168. The Labute approximate surface area is 170 Å². The highest BCUT2D eigenvalue weighted by molar-refractivity contribution is 5.80. The molecule has 0 unspecified atom stereocenters. The van der Waals surface area contributed by atoms with Gasteiger partial charge in [0, 0.05) is 31.3 Å². The molecule has 0 aliphatic carbocycles. The Bertz CT molecular complexity index is 926. The van der Waals surface area contributed by atoms with Gasteiger partial charge in [0.25, 0.3) is 0 Å². The fourth-order valence-electron chi connectivity index (χ4n) is 4.56. The standard InChI is InChI=1S/C22H26N4O3/c1-28-19-6-2-4-14-10-15(13-29-20(14)19)22(27)26-9-7-17-16(12-26)11-24-21(25-17)18-5-3-8-23-18/h2,4,6,11,15,18,23H,3,5,7-10,12-13H2,1H3/t15-,18-/m0/s1. The number of fused-ring (bicyclic) bond motifs is 2. The van der Waals surface area contributed by atoms with Crippen molar-refractivity contribution in [2.24, 2.45) is 5.92 Å². The molecule has 0 radical (unpaired) electrons. The van der Waals surface area contributed by atoms with Gasteiger partial charge in [-0.05, 0) is 37.4 Å². The number of para-hydroxylation sites is 1. The molecule has 7 heteroatoms. The first-order chi connectivity index (χ1) is 14.2. The second-order valence-corrected chi connectivity index (χ2v) is 8.02. The fraction of sp³-hybridized carbons (Fsp3) is 0.500. The number of methoxy groups -OCH3 is 1. The van der Waals surface area contributed by atoms with Crippen LogP contribution in [0.1, 0.15) is 41.5 Å². The summed E-state index contributed by atoms with van der Waals surface area (Å²) in [7, 11) is 1.64. The van der Waals surface area contributed by atoms with Crippen LogP contribution in [0, 0.1) is 5.92 Å². The highest BCUT2D eigenvalue weighted by Gasteiger charge is 2.33. The maximum Gasteiger partial charge on any atom is 0.229 e. The van der Waals surface area contributed by atoms with E-state index in [0.717, 1.165) is 53.5 Å². The summed E-state index contributed by atoms with van der Waals surface area (Å²) in [5, 5.41) is 3.45. The van der Waals surface area contributed by atoms with Gasteiger partial charge in [-0.2, -0.15) is 0 Å². The van der Waals surface area contributed by atoms with Crippen LogP contribution in [-0.2, 0) is 24.2 Å². The van der Waals surface area contributed by atoms with Crippen molar-refractivity contribution < 1.29 is 14.3 Å². The molecule has 7 nitrogen and oxygen atoms in total. The molecule has 1 amide bonds. The van der Waals surface area contributed by atoms with Crippen LogP contribution in [0.25, 0.3) is 0 Å². The average Bonchev–Trinajstić information content (AvgIpc) is 3.32. The van der Waals surface area contributed by atoms with Crippen molar-refractivity contribution in [2.75, 3.05) is 26.8 Å². The zero-order valence-corrected chi connectivity index (χ0v) is 16.7. The normalized spacial score (nSPS) is 23.1. The van der Waals surface area contributed by atoms with Gasteiger partial charge in [0.1, 0.15) is 12.4 Å². The molecule has 2 aromatic rings. The zero-order valence-electron chi connectivity index (χ0n) is 16.7. The lowest BCUT2D eigenvalue weighted by Crippen LogP contribution is -2.43. The summed E-state index contributed by atoms with van der Waals surface area (Å²) in [5.41, 5.74) is 3.18. The van der Waals surface area contributed by atoms with Gasteiger partial charge in [0.2, 0.25) is 5.91 Å². The van der Waals surface area contributed by atoms with Gasteiger partial charge >= 0.3 is 0 Å². The molecule has 5 rings (SSSR count). The SMILES string of the molecule is COc1cccc2c1OC[C@@H](C(=O)N1CCc3nc([C@@H]4CCCN4)ncc3C1)C2. The lowest BCUT2D eigenvalue weighted by Gasteiger charge is -2.33. The molecule has 2 atom stereocenters. The van der Waals surface area contributed by atoms with Crippen molar-refractivity contribution in [3.05, 3.63) is 47.0 Å². The summed E-state index contributed by atoms with van der Waals surface area (Å²) in [6.45, 7) is 2.69. The Morgan fingerprint density at radius 1 is 1.34 bits per heavy atom. The molecule has 1 fully saturated rings. The molecule has 152 valence electrons. The number of nitrogens with zero attached hydrogens (tertiary/aromatic N) is 3. The van der Waals surface area contributed by atoms with Crippen LogP contribution < -0.4 is 14.8 Å². The smallest absolute Gasteiger partial charge is 0.229 e. The summed E-state index contributed by atoms with van der Waals surface area (Å²) in [6, 6.07) is 6.11. The summed E-state index contributed by atoms with van der Waals surface area (Å²) in [6.07, 6.45) is 5.64. The molecule has 3 aliphatic heterocycles. The maximum atomic E-state index is 13.2. The molecular weight excluding hydrogens is 368 g/mol. The number of aromatic nitrogens is 2. The Hall–Kier alpha value is -2.67. The zero-order chi connectivity index (χ0) is 19.8. The van der Waals surface area contributed by atoms with Crippen molar-refractivity contribution in [3.8, 4) is 11.5 Å². The third-order valence-electron chi connectivity index (χ3n) is 6.16. The molecule has 1 N–H and O–H groups in total. The number of ether oxygens (including phenoxy) is 2. The van der Waals surface area contributed by atoms with E-state index in [4.69, 9.17) is 14.5 Å². The second-order valence-electron chi connectivity index (χ2n) is 8.02. The first kappa shape index (κ1) is 18.4. The maximum absolute atomic E-state index is 13.2. The lowest BCUT2D eigenvalue weighted by atomic mass is 9.94. The van der Waals surface area contributed by atoms with E-state index < -0.39 is 0 Å². The van der Waals surface area contributed by atoms with E-state index in [2.05, 4.69) is 10.3 Å².